The monoisotopic (exact) mass is 388 g/mol. The maximum Gasteiger partial charge on any atom is 0.339 e. The lowest BCUT2D eigenvalue weighted by molar-refractivity contribution is 0.0141. The van der Waals surface area contributed by atoms with Gasteiger partial charge >= 0.3 is 5.97 Å². The molecule has 0 bridgehead atoms. The van der Waals surface area contributed by atoms with Crippen molar-refractivity contribution in [3.8, 4) is 12.3 Å². The van der Waals surface area contributed by atoms with E-state index in [0.717, 1.165) is 16.7 Å². The van der Waals surface area contributed by atoms with Crippen molar-refractivity contribution in [3.63, 3.8) is 0 Å². The molecule has 4 rings (SSSR count). The summed E-state index contributed by atoms with van der Waals surface area (Å²) in [6.45, 7) is 0. The maximum absolute atomic E-state index is 13.4. The molecule has 30 heavy (non-hydrogen) atoms. The summed E-state index contributed by atoms with van der Waals surface area (Å²) in [7, 11) is 0. The highest BCUT2D eigenvalue weighted by Crippen LogP contribution is 2.41. The number of rotatable bonds is 5. The maximum atomic E-state index is 13.4. The Morgan fingerprint density at radius 3 is 1.57 bits per heavy atom. The smallest absolute Gasteiger partial charge is 0.339 e. The van der Waals surface area contributed by atoms with Crippen LogP contribution in [0.1, 0.15) is 32.6 Å². The summed E-state index contributed by atoms with van der Waals surface area (Å²) < 4.78 is 6.37. The predicted molar refractivity (Wildman–Crippen MR) is 119 cm³/mol. The second-order valence-electron chi connectivity index (χ2n) is 6.89. The molecule has 0 N–H and O–H groups in total. The van der Waals surface area contributed by atoms with Gasteiger partial charge in [-0.3, -0.25) is 0 Å². The van der Waals surface area contributed by atoms with E-state index < -0.39 is 11.6 Å². The average Bonchev–Trinajstić information content (AvgIpc) is 2.84. The zero-order chi connectivity index (χ0) is 20.8. The minimum atomic E-state index is -1.10. The summed E-state index contributed by atoms with van der Waals surface area (Å²) in [6.07, 6.45) is 5.52. The lowest BCUT2D eigenvalue weighted by atomic mass is 9.80. The van der Waals surface area contributed by atoms with Crippen molar-refractivity contribution in [2.45, 2.75) is 5.60 Å². The molecule has 0 spiro atoms. The van der Waals surface area contributed by atoms with E-state index in [1.165, 1.54) is 0 Å². The first-order chi connectivity index (χ1) is 14.7. The van der Waals surface area contributed by atoms with Gasteiger partial charge in [0.1, 0.15) is 0 Å². The normalized spacial score (nSPS) is 10.8. The van der Waals surface area contributed by atoms with E-state index in [2.05, 4.69) is 5.92 Å². The summed E-state index contributed by atoms with van der Waals surface area (Å²) in [5.74, 6) is 2.13. The number of ether oxygens (including phenoxy) is 1. The van der Waals surface area contributed by atoms with Gasteiger partial charge in [0, 0.05) is 22.3 Å². The van der Waals surface area contributed by atoms with E-state index in [-0.39, 0.29) is 0 Å². The number of benzene rings is 4. The number of hydrogen-bond donors (Lipinski definition) is 0. The van der Waals surface area contributed by atoms with E-state index in [0.29, 0.717) is 11.1 Å². The third-order valence-corrected chi connectivity index (χ3v) is 5.05. The highest BCUT2D eigenvalue weighted by Gasteiger charge is 2.40. The van der Waals surface area contributed by atoms with Crippen molar-refractivity contribution >= 4 is 5.97 Å². The Bertz CT molecular complexity index is 1080. The molecule has 4 aromatic carbocycles. The van der Waals surface area contributed by atoms with Crippen molar-refractivity contribution in [3.05, 3.63) is 143 Å². The van der Waals surface area contributed by atoms with Crippen LogP contribution in [0.25, 0.3) is 0 Å². The summed E-state index contributed by atoms with van der Waals surface area (Å²) in [5, 5.41) is 0. The second kappa shape index (κ2) is 8.51. The van der Waals surface area contributed by atoms with Crippen LogP contribution in [0.3, 0.4) is 0 Å². The van der Waals surface area contributed by atoms with E-state index in [4.69, 9.17) is 11.2 Å². The van der Waals surface area contributed by atoms with Crippen LogP contribution >= 0.6 is 0 Å². The first kappa shape index (κ1) is 19.2. The molecule has 2 heteroatoms. The molecule has 0 aliphatic rings. The third-order valence-electron chi connectivity index (χ3n) is 5.05. The van der Waals surface area contributed by atoms with Crippen molar-refractivity contribution in [2.75, 3.05) is 0 Å². The van der Waals surface area contributed by atoms with Crippen LogP contribution in [0.5, 0.6) is 0 Å². The van der Waals surface area contributed by atoms with Gasteiger partial charge in [-0.1, -0.05) is 103 Å². The Morgan fingerprint density at radius 1 is 0.667 bits per heavy atom. The Hall–Kier alpha value is -4.09. The predicted octanol–water partition coefficient (Wildman–Crippen LogP) is 5.82. The Kier molecular flexibility index (Phi) is 5.46. The zero-order valence-corrected chi connectivity index (χ0v) is 16.4. The van der Waals surface area contributed by atoms with Gasteiger partial charge in [-0.15, -0.1) is 6.42 Å². The Balaban J connectivity index is 1.93. The minimum Gasteiger partial charge on any atom is -0.441 e. The molecule has 0 heterocycles. The lowest BCUT2D eigenvalue weighted by Crippen LogP contribution is -2.35. The number of esters is 1. The van der Waals surface area contributed by atoms with E-state index in [1.807, 2.05) is 91.0 Å². The molecule has 0 radical (unpaired) electrons. The first-order valence-corrected chi connectivity index (χ1v) is 9.70. The molecule has 0 aromatic heterocycles. The van der Waals surface area contributed by atoms with Gasteiger partial charge in [0.25, 0.3) is 0 Å². The van der Waals surface area contributed by atoms with Crippen LogP contribution in [0, 0.1) is 12.3 Å². The fourth-order valence-electron chi connectivity index (χ4n) is 3.63. The molecular formula is C28H20O2. The SMILES string of the molecule is C#Cc1cccc(C(=O)OC(c2ccccc2)(c2ccccc2)c2ccccc2)c1. The third kappa shape index (κ3) is 3.62. The van der Waals surface area contributed by atoms with E-state index in [1.54, 1.807) is 24.3 Å². The molecule has 0 aliphatic heterocycles. The molecule has 0 fully saturated rings. The highest BCUT2D eigenvalue weighted by molar-refractivity contribution is 5.90. The largest absolute Gasteiger partial charge is 0.441 e. The first-order valence-electron chi connectivity index (χ1n) is 9.70. The Labute approximate surface area is 176 Å². The van der Waals surface area contributed by atoms with Gasteiger partial charge in [-0.25, -0.2) is 4.79 Å². The molecule has 0 atom stereocenters. The van der Waals surface area contributed by atoms with E-state index in [9.17, 15) is 4.79 Å². The zero-order valence-electron chi connectivity index (χ0n) is 16.4. The van der Waals surface area contributed by atoms with Gasteiger partial charge in [-0.05, 0) is 18.2 Å². The van der Waals surface area contributed by atoms with Gasteiger partial charge in [0.2, 0.25) is 0 Å². The van der Waals surface area contributed by atoms with Crippen LogP contribution < -0.4 is 0 Å². The topological polar surface area (TPSA) is 26.3 Å². The van der Waals surface area contributed by atoms with Gasteiger partial charge in [0.15, 0.2) is 5.60 Å². The highest BCUT2D eigenvalue weighted by atomic mass is 16.6. The molecule has 0 amide bonds. The van der Waals surface area contributed by atoms with Crippen molar-refractivity contribution in [2.24, 2.45) is 0 Å². The van der Waals surface area contributed by atoms with Crippen LogP contribution in [0.4, 0.5) is 0 Å². The number of carbonyl (C=O) groups excluding carboxylic acids is 1. The van der Waals surface area contributed by atoms with Gasteiger partial charge in [0.05, 0.1) is 5.56 Å². The van der Waals surface area contributed by atoms with Crippen molar-refractivity contribution < 1.29 is 9.53 Å². The quantitative estimate of drug-likeness (QED) is 0.245. The number of terminal acetylenes is 1. The second-order valence-corrected chi connectivity index (χ2v) is 6.89. The molecule has 0 saturated heterocycles. The molecule has 144 valence electrons. The van der Waals surface area contributed by atoms with Crippen molar-refractivity contribution in [1.29, 1.82) is 0 Å². The minimum absolute atomic E-state index is 0.414. The van der Waals surface area contributed by atoms with Gasteiger partial charge < -0.3 is 4.74 Å². The van der Waals surface area contributed by atoms with Crippen LogP contribution in [-0.4, -0.2) is 5.97 Å². The number of hydrogen-bond acceptors (Lipinski definition) is 2. The summed E-state index contributed by atoms with van der Waals surface area (Å²) in [4.78, 5) is 13.4. The summed E-state index contributed by atoms with van der Waals surface area (Å²) in [5.41, 5.74) is 2.54. The standard InChI is InChI=1S/C28H20O2/c1-2-22-13-12-14-23(21-22)27(29)30-28(24-15-6-3-7-16-24,25-17-8-4-9-18-25)26-19-10-5-11-20-26/h1,3-21H. The lowest BCUT2D eigenvalue weighted by Gasteiger charge is -2.35. The fourth-order valence-corrected chi connectivity index (χ4v) is 3.63. The average molecular weight is 388 g/mol. The van der Waals surface area contributed by atoms with Crippen LogP contribution in [-0.2, 0) is 10.3 Å². The molecule has 0 unspecified atom stereocenters. The van der Waals surface area contributed by atoms with Crippen LogP contribution in [0.2, 0.25) is 0 Å². The number of carbonyl (C=O) groups is 1. The van der Waals surface area contributed by atoms with Gasteiger partial charge in [-0.2, -0.15) is 0 Å². The molecule has 0 aliphatic carbocycles. The van der Waals surface area contributed by atoms with Crippen LogP contribution in [0.15, 0.2) is 115 Å². The fraction of sp³-hybridized carbons (Fsp3) is 0.0357. The molecule has 2 nitrogen and oxygen atoms in total. The molecular weight excluding hydrogens is 368 g/mol. The van der Waals surface area contributed by atoms with E-state index >= 15 is 0 Å². The van der Waals surface area contributed by atoms with Crippen molar-refractivity contribution in [1.82, 2.24) is 0 Å². The molecule has 0 saturated carbocycles. The Morgan fingerprint density at radius 2 is 1.13 bits per heavy atom. The molecule has 4 aromatic rings. The summed E-state index contributed by atoms with van der Waals surface area (Å²) >= 11 is 0. The summed E-state index contributed by atoms with van der Waals surface area (Å²) in [6, 6.07) is 36.3.